The lowest BCUT2D eigenvalue weighted by Gasteiger charge is -2.21. The number of benzene rings is 1. The number of piperidine rings is 1. The maximum absolute atomic E-state index is 13.9. The van der Waals surface area contributed by atoms with Crippen molar-refractivity contribution in [2.24, 2.45) is 5.92 Å². The molecule has 2 nitrogen and oxygen atoms in total. The molecule has 3 aliphatic rings. The first-order chi connectivity index (χ1) is 9.09. The van der Waals surface area contributed by atoms with Gasteiger partial charge in [0.1, 0.15) is 5.67 Å². The Hall–Kier alpha value is -1.09. The summed E-state index contributed by atoms with van der Waals surface area (Å²) in [7, 11) is 0. The quantitative estimate of drug-likeness (QED) is 0.879. The first-order valence-corrected chi connectivity index (χ1v) is 7.34. The van der Waals surface area contributed by atoms with Crippen molar-refractivity contribution in [2.45, 2.75) is 30.8 Å². The molecule has 3 atom stereocenters. The highest BCUT2D eigenvalue weighted by atomic mass is 19.1. The van der Waals surface area contributed by atoms with Crippen molar-refractivity contribution >= 4 is 5.69 Å². The average molecular weight is 260 g/mol. The molecule has 2 aliphatic heterocycles. The van der Waals surface area contributed by atoms with Crippen LogP contribution in [-0.2, 0) is 5.41 Å². The van der Waals surface area contributed by atoms with Crippen LogP contribution in [0.15, 0.2) is 24.3 Å². The SMILES string of the molecule is CC1(F)CCN(c2ccc(C34CNCC3C4)cc2)C1. The summed E-state index contributed by atoms with van der Waals surface area (Å²) in [5, 5.41) is 3.48. The third-order valence-corrected chi connectivity index (χ3v) is 5.29. The van der Waals surface area contributed by atoms with Crippen LogP contribution < -0.4 is 10.2 Å². The van der Waals surface area contributed by atoms with E-state index in [2.05, 4.69) is 34.5 Å². The highest BCUT2D eigenvalue weighted by Crippen LogP contribution is 2.56. The summed E-state index contributed by atoms with van der Waals surface area (Å²) < 4.78 is 13.9. The van der Waals surface area contributed by atoms with E-state index in [1.165, 1.54) is 24.2 Å². The summed E-state index contributed by atoms with van der Waals surface area (Å²) in [6.07, 6.45) is 1.98. The second-order valence-corrected chi connectivity index (χ2v) is 6.82. The number of fused-ring (bicyclic) bond motifs is 1. The van der Waals surface area contributed by atoms with Crippen LogP contribution in [0.5, 0.6) is 0 Å². The summed E-state index contributed by atoms with van der Waals surface area (Å²) in [5.41, 5.74) is 2.05. The fourth-order valence-corrected chi connectivity index (χ4v) is 3.94. The number of nitrogens with one attached hydrogen (secondary N) is 1. The van der Waals surface area contributed by atoms with Gasteiger partial charge in [0.15, 0.2) is 0 Å². The van der Waals surface area contributed by atoms with Gasteiger partial charge in [-0.3, -0.25) is 0 Å². The molecule has 2 heterocycles. The smallest absolute Gasteiger partial charge is 0.127 e. The number of anilines is 1. The van der Waals surface area contributed by atoms with Crippen molar-refractivity contribution in [1.29, 1.82) is 0 Å². The Labute approximate surface area is 114 Å². The van der Waals surface area contributed by atoms with E-state index in [4.69, 9.17) is 0 Å². The standard InChI is InChI=1S/C16H21FN2/c1-15(17)6-7-19(11-15)14-4-2-12(3-5-14)16-8-13(16)9-18-10-16/h2-5,13,18H,6-11H2,1H3. The Balaban J connectivity index is 1.54. The minimum Gasteiger partial charge on any atom is -0.368 e. The zero-order chi connectivity index (χ0) is 13.1. The van der Waals surface area contributed by atoms with Crippen molar-refractivity contribution in [2.75, 3.05) is 31.1 Å². The molecule has 0 bridgehead atoms. The third kappa shape index (κ3) is 1.78. The summed E-state index contributed by atoms with van der Waals surface area (Å²) in [5.74, 6) is 0.847. The molecule has 1 N–H and O–H groups in total. The second kappa shape index (κ2) is 3.72. The maximum Gasteiger partial charge on any atom is 0.127 e. The Kier molecular flexibility index (Phi) is 2.29. The van der Waals surface area contributed by atoms with Crippen LogP contribution in [-0.4, -0.2) is 31.8 Å². The number of hydrogen-bond acceptors (Lipinski definition) is 2. The Bertz CT molecular complexity index is 496. The predicted molar refractivity (Wildman–Crippen MR) is 75.4 cm³/mol. The minimum atomic E-state index is -1.02. The van der Waals surface area contributed by atoms with E-state index < -0.39 is 5.67 Å². The molecule has 0 spiro atoms. The van der Waals surface area contributed by atoms with Crippen molar-refractivity contribution in [3.05, 3.63) is 29.8 Å². The van der Waals surface area contributed by atoms with Crippen LogP contribution in [0.2, 0.25) is 0 Å². The molecule has 0 radical (unpaired) electrons. The molecule has 1 aromatic carbocycles. The van der Waals surface area contributed by atoms with Gasteiger partial charge in [0.25, 0.3) is 0 Å². The number of halogens is 1. The lowest BCUT2D eigenvalue weighted by atomic mass is 9.95. The highest BCUT2D eigenvalue weighted by molar-refractivity contribution is 5.51. The van der Waals surface area contributed by atoms with Gasteiger partial charge in [-0.05, 0) is 43.5 Å². The van der Waals surface area contributed by atoms with Crippen LogP contribution >= 0.6 is 0 Å². The van der Waals surface area contributed by atoms with E-state index in [0.717, 1.165) is 19.0 Å². The highest BCUT2D eigenvalue weighted by Gasteiger charge is 2.57. The zero-order valence-electron chi connectivity index (χ0n) is 11.5. The fraction of sp³-hybridized carbons (Fsp3) is 0.625. The topological polar surface area (TPSA) is 15.3 Å². The Morgan fingerprint density at radius 1 is 1.32 bits per heavy atom. The number of rotatable bonds is 2. The maximum atomic E-state index is 13.9. The molecule has 19 heavy (non-hydrogen) atoms. The monoisotopic (exact) mass is 260 g/mol. The van der Waals surface area contributed by atoms with E-state index in [-0.39, 0.29) is 0 Å². The van der Waals surface area contributed by atoms with Gasteiger partial charge in [-0.15, -0.1) is 0 Å². The molecule has 3 heteroatoms. The van der Waals surface area contributed by atoms with E-state index in [1.54, 1.807) is 6.92 Å². The van der Waals surface area contributed by atoms with Gasteiger partial charge in [0.2, 0.25) is 0 Å². The van der Waals surface area contributed by atoms with Crippen molar-refractivity contribution in [3.63, 3.8) is 0 Å². The summed E-state index contributed by atoms with van der Waals surface area (Å²) >= 11 is 0. The Morgan fingerprint density at radius 3 is 2.63 bits per heavy atom. The van der Waals surface area contributed by atoms with E-state index in [1.807, 2.05) is 0 Å². The molecule has 102 valence electrons. The molecule has 0 amide bonds. The van der Waals surface area contributed by atoms with Crippen LogP contribution in [0.4, 0.5) is 10.1 Å². The number of alkyl halides is 1. The molecule has 2 saturated heterocycles. The van der Waals surface area contributed by atoms with Crippen molar-refractivity contribution in [1.82, 2.24) is 5.32 Å². The van der Waals surface area contributed by atoms with Gasteiger partial charge in [-0.25, -0.2) is 4.39 Å². The third-order valence-electron chi connectivity index (χ3n) is 5.29. The van der Waals surface area contributed by atoms with Gasteiger partial charge >= 0.3 is 0 Å². The van der Waals surface area contributed by atoms with Gasteiger partial charge in [0.05, 0.1) is 6.54 Å². The van der Waals surface area contributed by atoms with Gasteiger partial charge in [0, 0.05) is 30.6 Å². The first-order valence-electron chi connectivity index (χ1n) is 7.34. The molecule has 3 unspecified atom stereocenters. The lowest BCUT2D eigenvalue weighted by Crippen LogP contribution is -2.26. The molecule has 4 rings (SSSR count). The second-order valence-electron chi connectivity index (χ2n) is 6.82. The van der Waals surface area contributed by atoms with Crippen molar-refractivity contribution < 1.29 is 4.39 Å². The van der Waals surface area contributed by atoms with Crippen LogP contribution in [0.25, 0.3) is 0 Å². The fourth-order valence-electron chi connectivity index (χ4n) is 3.94. The van der Waals surface area contributed by atoms with Crippen LogP contribution in [0.1, 0.15) is 25.3 Å². The van der Waals surface area contributed by atoms with Crippen LogP contribution in [0, 0.1) is 5.92 Å². The summed E-state index contributed by atoms with van der Waals surface area (Å²) in [6, 6.07) is 8.88. The number of nitrogens with zero attached hydrogens (tertiary/aromatic N) is 1. The largest absolute Gasteiger partial charge is 0.368 e. The zero-order valence-corrected chi connectivity index (χ0v) is 11.5. The average Bonchev–Trinajstić information content (AvgIpc) is 2.77. The molecule has 1 aliphatic carbocycles. The van der Waals surface area contributed by atoms with Gasteiger partial charge in [-0.2, -0.15) is 0 Å². The Morgan fingerprint density at radius 2 is 2.11 bits per heavy atom. The van der Waals surface area contributed by atoms with E-state index in [0.29, 0.717) is 18.4 Å². The van der Waals surface area contributed by atoms with Gasteiger partial charge in [-0.1, -0.05) is 12.1 Å². The lowest BCUT2D eigenvalue weighted by molar-refractivity contribution is 0.221. The first kappa shape index (κ1) is 11.7. The van der Waals surface area contributed by atoms with Crippen LogP contribution in [0.3, 0.4) is 0 Å². The van der Waals surface area contributed by atoms with Crippen molar-refractivity contribution in [3.8, 4) is 0 Å². The molecule has 1 saturated carbocycles. The molecule has 3 fully saturated rings. The van der Waals surface area contributed by atoms with Gasteiger partial charge < -0.3 is 10.2 Å². The molecular weight excluding hydrogens is 239 g/mol. The van der Waals surface area contributed by atoms with E-state index in [9.17, 15) is 4.39 Å². The number of hydrogen-bond donors (Lipinski definition) is 1. The minimum absolute atomic E-state index is 0.429. The van der Waals surface area contributed by atoms with E-state index >= 15 is 0 Å². The normalized spacial score (nSPS) is 40.5. The molecule has 1 aromatic rings. The molecular formula is C16H21FN2. The summed E-state index contributed by atoms with van der Waals surface area (Å²) in [4.78, 5) is 2.17. The molecule has 0 aromatic heterocycles. The predicted octanol–water partition coefficient (Wildman–Crippen LogP) is 2.49. The summed E-state index contributed by atoms with van der Waals surface area (Å²) in [6.45, 7) is 5.38.